The molecule has 2 N–H and O–H groups in total. The summed E-state index contributed by atoms with van der Waals surface area (Å²) in [6.07, 6.45) is -0.852. The van der Waals surface area contributed by atoms with Crippen LogP contribution in [-0.2, 0) is 24.2 Å². The summed E-state index contributed by atoms with van der Waals surface area (Å²) in [6.45, 7) is 4.41. The molecule has 9 nitrogen and oxygen atoms in total. The molecular weight excluding hydrogens is 470 g/mol. The van der Waals surface area contributed by atoms with Crippen LogP contribution in [0.25, 0.3) is 10.9 Å². The second-order valence-corrected chi connectivity index (χ2v) is 10.7. The first-order valence-corrected chi connectivity index (χ1v) is 13.0. The summed E-state index contributed by atoms with van der Waals surface area (Å²) in [5.41, 5.74) is 2.18. The van der Waals surface area contributed by atoms with Crippen molar-refractivity contribution in [2.75, 3.05) is 18.5 Å². The van der Waals surface area contributed by atoms with Crippen molar-refractivity contribution in [3.8, 4) is 0 Å². The van der Waals surface area contributed by atoms with Crippen LogP contribution in [0.15, 0.2) is 65.7 Å². The van der Waals surface area contributed by atoms with Crippen LogP contribution in [0.4, 0.5) is 10.5 Å². The van der Waals surface area contributed by atoms with Crippen LogP contribution in [0.5, 0.6) is 0 Å². The number of fused-ring (bicyclic) bond motifs is 2. The monoisotopic (exact) mass is 497 g/mol. The molecule has 3 heterocycles. The molecular formula is C25H27N3O6S. The molecule has 2 saturated heterocycles. The standard InChI is InChI=1S/C25H27N3O6S/c1-15(2)16-8-10-18(11-9-16)27-25(29)34-20-14-33-23-19(13-32-24(20)23)28-35(30,31)21-7-3-5-17-6-4-12-26-22(17)21/h3-12,15,19-20,23-24,28H,13-14H2,1-2H3,(H,27,29)/t19-,20-,23-,24+/m0/s1. The Morgan fingerprint density at radius 3 is 2.54 bits per heavy atom. The van der Waals surface area contributed by atoms with Crippen LogP contribution < -0.4 is 10.0 Å². The van der Waals surface area contributed by atoms with Gasteiger partial charge in [0.05, 0.1) is 24.8 Å². The van der Waals surface area contributed by atoms with Crippen LogP contribution in [0.3, 0.4) is 0 Å². The minimum atomic E-state index is -3.89. The van der Waals surface area contributed by atoms with Gasteiger partial charge >= 0.3 is 6.09 Å². The van der Waals surface area contributed by atoms with Crippen molar-refractivity contribution in [3.05, 3.63) is 66.4 Å². The zero-order chi connectivity index (χ0) is 24.6. The van der Waals surface area contributed by atoms with Crippen molar-refractivity contribution < 1.29 is 27.4 Å². The highest BCUT2D eigenvalue weighted by Gasteiger charge is 2.50. The van der Waals surface area contributed by atoms with Gasteiger partial charge in [-0.05, 0) is 35.7 Å². The van der Waals surface area contributed by atoms with Crippen molar-refractivity contribution in [2.45, 2.75) is 49.0 Å². The molecule has 0 unspecified atom stereocenters. The Kier molecular flexibility index (Phi) is 6.45. The first-order valence-electron chi connectivity index (χ1n) is 11.5. The molecule has 184 valence electrons. The number of rotatable bonds is 6. The third-order valence-electron chi connectivity index (χ3n) is 6.28. The normalized spacial score (nSPS) is 24.0. The zero-order valence-electron chi connectivity index (χ0n) is 19.4. The topological polar surface area (TPSA) is 116 Å². The number of anilines is 1. The molecule has 10 heteroatoms. The van der Waals surface area contributed by atoms with E-state index in [-0.39, 0.29) is 18.1 Å². The molecule has 2 aliphatic heterocycles. The van der Waals surface area contributed by atoms with Gasteiger partial charge in [-0.2, -0.15) is 0 Å². The molecule has 35 heavy (non-hydrogen) atoms. The van der Waals surface area contributed by atoms with Gasteiger partial charge in [-0.25, -0.2) is 17.9 Å². The summed E-state index contributed by atoms with van der Waals surface area (Å²) in [4.78, 5) is 16.8. The number of aromatic nitrogens is 1. The number of hydrogen-bond acceptors (Lipinski definition) is 7. The molecule has 0 radical (unpaired) electrons. The number of hydrogen-bond donors (Lipinski definition) is 2. The average Bonchev–Trinajstić information content (AvgIpc) is 3.42. The number of pyridine rings is 1. The third kappa shape index (κ3) is 4.87. The molecule has 1 aromatic heterocycles. The summed E-state index contributed by atoms with van der Waals surface area (Å²) in [5.74, 6) is 0.394. The van der Waals surface area contributed by atoms with Gasteiger partial charge in [0.1, 0.15) is 17.1 Å². The quantitative estimate of drug-likeness (QED) is 0.536. The first kappa shape index (κ1) is 23.7. The number of carbonyl (C=O) groups is 1. The summed E-state index contributed by atoms with van der Waals surface area (Å²) in [5, 5.41) is 3.44. The number of para-hydroxylation sites is 1. The Morgan fingerprint density at radius 1 is 1.03 bits per heavy atom. The Balaban J connectivity index is 1.22. The van der Waals surface area contributed by atoms with Gasteiger partial charge in [0.2, 0.25) is 10.0 Å². The molecule has 5 rings (SSSR count). The minimum Gasteiger partial charge on any atom is -0.441 e. The Morgan fingerprint density at radius 2 is 1.77 bits per heavy atom. The molecule has 2 aromatic carbocycles. The summed E-state index contributed by atoms with van der Waals surface area (Å²) in [7, 11) is -3.89. The highest BCUT2D eigenvalue weighted by molar-refractivity contribution is 7.89. The van der Waals surface area contributed by atoms with Gasteiger partial charge in [0, 0.05) is 17.3 Å². The van der Waals surface area contributed by atoms with Crippen molar-refractivity contribution in [1.82, 2.24) is 9.71 Å². The predicted octanol–water partition coefficient (Wildman–Crippen LogP) is 3.42. The number of benzene rings is 2. The predicted molar refractivity (Wildman–Crippen MR) is 130 cm³/mol. The second-order valence-electron chi connectivity index (χ2n) is 9.00. The van der Waals surface area contributed by atoms with E-state index in [1.54, 1.807) is 18.3 Å². The van der Waals surface area contributed by atoms with Crippen molar-refractivity contribution in [3.63, 3.8) is 0 Å². The van der Waals surface area contributed by atoms with Crippen LogP contribution in [0.2, 0.25) is 0 Å². The summed E-state index contributed by atoms with van der Waals surface area (Å²) in [6, 6.07) is 15.5. The summed E-state index contributed by atoms with van der Waals surface area (Å²) < 4.78 is 46.1. The van der Waals surface area contributed by atoms with E-state index in [1.807, 2.05) is 36.4 Å². The maximum absolute atomic E-state index is 13.2. The Hall–Kier alpha value is -3.05. The van der Waals surface area contributed by atoms with E-state index in [2.05, 4.69) is 28.9 Å². The molecule has 0 spiro atoms. The highest BCUT2D eigenvalue weighted by atomic mass is 32.2. The van der Waals surface area contributed by atoms with Crippen LogP contribution >= 0.6 is 0 Å². The van der Waals surface area contributed by atoms with Gasteiger partial charge in [0.15, 0.2) is 6.10 Å². The SMILES string of the molecule is CC(C)c1ccc(NC(=O)O[C@H]2CO[C@@H]3[C@@H]2OC[C@@H]3NS(=O)(=O)c2cccc3cccnc23)cc1. The number of carbonyl (C=O) groups excluding carboxylic acids is 1. The minimum absolute atomic E-state index is 0.0905. The molecule has 0 aliphatic carbocycles. The molecule has 0 bridgehead atoms. The maximum Gasteiger partial charge on any atom is 0.412 e. The van der Waals surface area contributed by atoms with E-state index < -0.39 is 40.5 Å². The fourth-order valence-electron chi connectivity index (χ4n) is 4.46. The number of amides is 1. The van der Waals surface area contributed by atoms with Gasteiger partial charge in [-0.3, -0.25) is 10.3 Å². The van der Waals surface area contributed by atoms with E-state index in [9.17, 15) is 13.2 Å². The van der Waals surface area contributed by atoms with Crippen LogP contribution in [0, 0.1) is 0 Å². The van der Waals surface area contributed by atoms with Crippen molar-refractivity contribution in [1.29, 1.82) is 0 Å². The van der Waals surface area contributed by atoms with Crippen LogP contribution in [-0.4, -0.2) is 57.1 Å². The van der Waals surface area contributed by atoms with Gasteiger partial charge in [0.25, 0.3) is 0 Å². The second kappa shape index (κ2) is 9.54. The first-order chi connectivity index (χ1) is 16.8. The molecule has 2 fully saturated rings. The summed E-state index contributed by atoms with van der Waals surface area (Å²) >= 11 is 0. The van der Waals surface area contributed by atoms with Crippen LogP contribution in [0.1, 0.15) is 25.3 Å². The van der Waals surface area contributed by atoms with E-state index in [0.29, 0.717) is 17.1 Å². The Labute approximate surface area is 203 Å². The van der Waals surface area contributed by atoms with E-state index in [0.717, 1.165) is 5.39 Å². The maximum atomic E-state index is 13.2. The fourth-order valence-corrected chi connectivity index (χ4v) is 5.87. The lowest BCUT2D eigenvalue weighted by molar-refractivity contribution is 0.00883. The van der Waals surface area contributed by atoms with Crippen molar-refractivity contribution in [2.24, 2.45) is 0 Å². The van der Waals surface area contributed by atoms with E-state index in [1.165, 1.54) is 11.6 Å². The Bertz CT molecular complexity index is 1320. The number of sulfonamides is 1. The lowest BCUT2D eigenvalue weighted by atomic mass is 10.0. The molecule has 1 amide bonds. The molecule has 4 atom stereocenters. The average molecular weight is 498 g/mol. The molecule has 3 aromatic rings. The van der Waals surface area contributed by atoms with E-state index in [4.69, 9.17) is 14.2 Å². The van der Waals surface area contributed by atoms with Gasteiger partial charge < -0.3 is 14.2 Å². The zero-order valence-corrected chi connectivity index (χ0v) is 20.2. The van der Waals surface area contributed by atoms with Crippen molar-refractivity contribution >= 4 is 32.7 Å². The smallest absolute Gasteiger partial charge is 0.412 e. The van der Waals surface area contributed by atoms with Gasteiger partial charge in [-0.1, -0.05) is 44.2 Å². The number of nitrogens with one attached hydrogen (secondary N) is 2. The molecule has 0 saturated carbocycles. The lowest BCUT2D eigenvalue weighted by Crippen LogP contribution is -2.44. The number of ether oxygens (including phenoxy) is 3. The lowest BCUT2D eigenvalue weighted by Gasteiger charge is -2.18. The third-order valence-corrected chi connectivity index (χ3v) is 7.80. The highest BCUT2D eigenvalue weighted by Crippen LogP contribution is 2.31. The van der Waals surface area contributed by atoms with E-state index >= 15 is 0 Å². The number of nitrogens with zero attached hydrogens (tertiary/aromatic N) is 1. The largest absolute Gasteiger partial charge is 0.441 e. The molecule has 2 aliphatic rings. The fraction of sp³-hybridized carbons (Fsp3) is 0.360. The van der Waals surface area contributed by atoms with Gasteiger partial charge in [-0.15, -0.1) is 0 Å².